The van der Waals surface area contributed by atoms with Gasteiger partial charge in [-0.2, -0.15) is 0 Å². The number of halogens is 1. The highest BCUT2D eigenvalue weighted by atomic mass is 19.1. The Morgan fingerprint density at radius 3 is 2.83 bits per heavy atom. The average molecular weight is 333 g/mol. The fraction of sp³-hybridized carbons (Fsp3) is 0.556. The molecule has 1 aromatic rings. The molecule has 0 radical (unpaired) electrons. The Kier molecular flexibility index (Phi) is 4.73. The molecule has 1 aromatic carbocycles. The number of carbonyl (C=O) groups excluding carboxylic acids is 2. The van der Waals surface area contributed by atoms with Crippen molar-refractivity contribution in [3.63, 3.8) is 0 Å². The molecule has 1 saturated heterocycles. The molecule has 2 N–H and O–H groups in total. The third kappa shape index (κ3) is 3.86. The van der Waals surface area contributed by atoms with Crippen LogP contribution in [0.3, 0.4) is 0 Å². The van der Waals surface area contributed by atoms with Crippen molar-refractivity contribution in [1.82, 2.24) is 15.5 Å². The summed E-state index contributed by atoms with van der Waals surface area (Å²) in [7, 11) is 0. The van der Waals surface area contributed by atoms with Gasteiger partial charge in [0.2, 0.25) is 5.91 Å². The molecule has 2 fully saturated rings. The lowest BCUT2D eigenvalue weighted by atomic mass is 9.96. The van der Waals surface area contributed by atoms with Crippen LogP contribution in [0.4, 0.5) is 9.18 Å². The van der Waals surface area contributed by atoms with E-state index in [1.807, 2.05) is 13.0 Å². The third-order valence-electron chi connectivity index (χ3n) is 4.92. The van der Waals surface area contributed by atoms with Crippen LogP contribution in [0.25, 0.3) is 0 Å². The van der Waals surface area contributed by atoms with Gasteiger partial charge in [-0.05, 0) is 43.9 Å². The van der Waals surface area contributed by atoms with Gasteiger partial charge < -0.3 is 15.5 Å². The molecular weight excluding hydrogens is 309 g/mol. The Hall–Kier alpha value is -2.11. The molecule has 0 bridgehead atoms. The molecule has 1 aliphatic carbocycles. The van der Waals surface area contributed by atoms with Crippen LogP contribution < -0.4 is 10.6 Å². The lowest BCUT2D eigenvalue weighted by Gasteiger charge is -2.23. The molecule has 1 heterocycles. The average Bonchev–Trinajstić information content (AvgIpc) is 3.24. The summed E-state index contributed by atoms with van der Waals surface area (Å²) in [6.45, 7) is 3.71. The molecule has 5 nitrogen and oxygen atoms in total. The van der Waals surface area contributed by atoms with Gasteiger partial charge in [-0.25, -0.2) is 9.18 Å². The van der Waals surface area contributed by atoms with E-state index in [1.54, 1.807) is 17.0 Å². The van der Waals surface area contributed by atoms with Crippen molar-refractivity contribution in [1.29, 1.82) is 0 Å². The molecule has 130 valence electrons. The van der Waals surface area contributed by atoms with Crippen LogP contribution in [-0.4, -0.2) is 42.5 Å². The van der Waals surface area contributed by atoms with Crippen LogP contribution in [-0.2, 0) is 10.2 Å². The first kappa shape index (κ1) is 16.7. The zero-order valence-electron chi connectivity index (χ0n) is 14.0. The number of hydrogen-bond acceptors (Lipinski definition) is 2. The van der Waals surface area contributed by atoms with E-state index in [1.165, 1.54) is 6.07 Å². The highest BCUT2D eigenvalue weighted by Crippen LogP contribution is 2.47. The zero-order valence-corrected chi connectivity index (χ0v) is 14.0. The van der Waals surface area contributed by atoms with Crippen molar-refractivity contribution in [3.05, 3.63) is 35.6 Å². The standard InChI is InChI=1S/C18H24FN3O2/c1-13(11-22-9-3-6-16(22)23)21-17(24)20-12-18(7-8-18)14-4-2-5-15(19)10-14/h2,4-5,10,13H,3,6-9,11-12H2,1H3,(H2,20,21,24)/t13-/m0/s1. The van der Waals surface area contributed by atoms with E-state index in [-0.39, 0.29) is 29.2 Å². The Morgan fingerprint density at radius 1 is 1.42 bits per heavy atom. The van der Waals surface area contributed by atoms with Gasteiger partial charge in [-0.15, -0.1) is 0 Å². The van der Waals surface area contributed by atoms with E-state index >= 15 is 0 Å². The second kappa shape index (κ2) is 6.79. The number of urea groups is 1. The number of hydrogen-bond donors (Lipinski definition) is 2. The summed E-state index contributed by atoms with van der Waals surface area (Å²) in [4.78, 5) is 25.5. The van der Waals surface area contributed by atoms with Gasteiger partial charge in [-0.1, -0.05) is 12.1 Å². The molecular formula is C18H24FN3O2. The van der Waals surface area contributed by atoms with Gasteiger partial charge in [0, 0.05) is 37.5 Å². The molecule has 3 rings (SSSR count). The predicted molar refractivity (Wildman–Crippen MR) is 89.1 cm³/mol. The van der Waals surface area contributed by atoms with E-state index in [9.17, 15) is 14.0 Å². The monoisotopic (exact) mass is 333 g/mol. The van der Waals surface area contributed by atoms with Crippen molar-refractivity contribution in [3.8, 4) is 0 Å². The molecule has 2 aliphatic rings. The second-order valence-electron chi connectivity index (χ2n) is 6.96. The quantitative estimate of drug-likeness (QED) is 0.838. The van der Waals surface area contributed by atoms with Gasteiger partial charge in [0.05, 0.1) is 0 Å². The predicted octanol–water partition coefficient (Wildman–Crippen LogP) is 2.17. The van der Waals surface area contributed by atoms with E-state index < -0.39 is 0 Å². The van der Waals surface area contributed by atoms with Crippen LogP contribution in [0.1, 0.15) is 38.2 Å². The maximum absolute atomic E-state index is 13.4. The van der Waals surface area contributed by atoms with Crippen molar-refractivity contribution >= 4 is 11.9 Å². The molecule has 1 saturated carbocycles. The SMILES string of the molecule is C[C@@H](CN1CCCC1=O)NC(=O)NCC1(c2cccc(F)c2)CC1. The topological polar surface area (TPSA) is 61.4 Å². The lowest BCUT2D eigenvalue weighted by Crippen LogP contribution is -2.47. The summed E-state index contributed by atoms with van der Waals surface area (Å²) >= 11 is 0. The summed E-state index contributed by atoms with van der Waals surface area (Å²) in [5, 5.41) is 5.77. The molecule has 0 unspecified atom stereocenters. The number of amides is 3. The highest BCUT2D eigenvalue weighted by molar-refractivity contribution is 5.78. The normalized spacial score (nSPS) is 19.9. The van der Waals surface area contributed by atoms with Crippen molar-refractivity contribution in [2.75, 3.05) is 19.6 Å². The molecule has 0 aromatic heterocycles. The van der Waals surface area contributed by atoms with E-state index in [4.69, 9.17) is 0 Å². The van der Waals surface area contributed by atoms with Crippen LogP contribution in [0.2, 0.25) is 0 Å². The Balaban J connectivity index is 1.46. The molecule has 24 heavy (non-hydrogen) atoms. The summed E-state index contributed by atoms with van der Waals surface area (Å²) in [5.74, 6) is -0.0841. The number of carbonyl (C=O) groups is 2. The second-order valence-corrected chi connectivity index (χ2v) is 6.96. The number of nitrogens with zero attached hydrogens (tertiary/aromatic N) is 1. The fourth-order valence-electron chi connectivity index (χ4n) is 3.33. The smallest absolute Gasteiger partial charge is 0.315 e. The summed E-state index contributed by atoms with van der Waals surface area (Å²) in [5.41, 5.74) is 0.812. The number of nitrogens with one attached hydrogen (secondary N) is 2. The minimum atomic E-state index is -0.243. The van der Waals surface area contributed by atoms with E-state index in [0.717, 1.165) is 31.4 Å². The van der Waals surface area contributed by atoms with E-state index in [2.05, 4.69) is 10.6 Å². The molecule has 1 aliphatic heterocycles. The Labute approximate surface area is 141 Å². The molecule has 0 spiro atoms. The Morgan fingerprint density at radius 2 is 2.21 bits per heavy atom. The number of benzene rings is 1. The highest BCUT2D eigenvalue weighted by Gasteiger charge is 2.44. The van der Waals surface area contributed by atoms with Gasteiger partial charge in [0.15, 0.2) is 0 Å². The van der Waals surface area contributed by atoms with Gasteiger partial charge in [-0.3, -0.25) is 4.79 Å². The first-order valence-corrected chi connectivity index (χ1v) is 8.57. The van der Waals surface area contributed by atoms with Crippen molar-refractivity contribution in [2.45, 2.75) is 44.1 Å². The van der Waals surface area contributed by atoms with E-state index in [0.29, 0.717) is 19.5 Å². The number of likely N-dealkylation sites (tertiary alicyclic amines) is 1. The molecule has 6 heteroatoms. The summed E-state index contributed by atoms with van der Waals surface area (Å²) < 4.78 is 13.4. The number of rotatable bonds is 6. The first-order chi connectivity index (χ1) is 11.5. The van der Waals surface area contributed by atoms with Gasteiger partial charge in [0.1, 0.15) is 5.82 Å². The van der Waals surface area contributed by atoms with Crippen molar-refractivity contribution < 1.29 is 14.0 Å². The fourth-order valence-corrected chi connectivity index (χ4v) is 3.33. The van der Waals surface area contributed by atoms with Gasteiger partial charge in [0.25, 0.3) is 0 Å². The third-order valence-corrected chi connectivity index (χ3v) is 4.92. The zero-order chi connectivity index (χ0) is 17.2. The largest absolute Gasteiger partial charge is 0.341 e. The lowest BCUT2D eigenvalue weighted by molar-refractivity contribution is -0.127. The van der Waals surface area contributed by atoms with Crippen LogP contribution in [0, 0.1) is 5.82 Å². The van der Waals surface area contributed by atoms with Crippen LogP contribution in [0.15, 0.2) is 24.3 Å². The maximum Gasteiger partial charge on any atom is 0.315 e. The van der Waals surface area contributed by atoms with Crippen molar-refractivity contribution in [2.24, 2.45) is 0 Å². The molecule has 3 amide bonds. The summed E-state index contributed by atoms with van der Waals surface area (Å²) in [6.07, 6.45) is 3.41. The van der Waals surface area contributed by atoms with Crippen LogP contribution in [0.5, 0.6) is 0 Å². The Bertz CT molecular complexity index is 630. The minimum absolute atomic E-state index is 0.101. The molecule has 1 atom stereocenters. The van der Waals surface area contributed by atoms with Crippen LogP contribution >= 0.6 is 0 Å². The summed E-state index contributed by atoms with van der Waals surface area (Å²) in [6, 6.07) is 6.26. The maximum atomic E-state index is 13.4. The van der Waals surface area contributed by atoms with Gasteiger partial charge >= 0.3 is 6.03 Å². The first-order valence-electron chi connectivity index (χ1n) is 8.57. The minimum Gasteiger partial charge on any atom is -0.341 e.